The van der Waals surface area contributed by atoms with Crippen molar-refractivity contribution in [2.45, 2.75) is 13.5 Å². The van der Waals surface area contributed by atoms with Gasteiger partial charge in [0.1, 0.15) is 5.75 Å². The zero-order valence-corrected chi connectivity index (χ0v) is 10.1. The molecule has 0 spiro atoms. The van der Waals surface area contributed by atoms with Crippen molar-refractivity contribution < 1.29 is 4.74 Å². The predicted molar refractivity (Wildman–Crippen MR) is 64.6 cm³/mol. The summed E-state index contributed by atoms with van der Waals surface area (Å²) in [6, 6.07) is 8.07. The van der Waals surface area contributed by atoms with Gasteiger partial charge in [0.25, 0.3) is 0 Å². The highest BCUT2D eigenvalue weighted by atomic mass is 35.5. The molecule has 0 aliphatic carbocycles. The molecule has 0 aliphatic heterocycles. The van der Waals surface area contributed by atoms with Crippen LogP contribution in [0.2, 0.25) is 0 Å². The van der Waals surface area contributed by atoms with Crippen LogP contribution in [0.5, 0.6) is 5.75 Å². The van der Waals surface area contributed by atoms with Crippen molar-refractivity contribution in [3.05, 3.63) is 29.8 Å². The molecule has 1 rings (SSSR count). The smallest absolute Gasteiger partial charge is 0.119 e. The molecule has 3 heteroatoms. The van der Waals surface area contributed by atoms with Crippen molar-refractivity contribution in [1.29, 1.82) is 0 Å². The number of hydrogen-bond acceptors (Lipinski definition) is 2. The second kappa shape index (κ2) is 6.70. The van der Waals surface area contributed by atoms with E-state index in [9.17, 15) is 0 Å². The molecular formula is C12H18ClNO. The summed E-state index contributed by atoms with van der Waals surface area (Å²) in [7, 11) is 1.68. The zero-order valence-electron chi connectivity index (χ0n) is 9.29. The van der Waals surface area contributed by atoms with Crippen LogP contribution in [0.4, 0.5) is 0 Å². The van der Waals surface area contributed by atoms with Crippen LogP contribution in [0.25, 0.3) is 0 Å². The Labute approximate surface area is 96.6 Å². The van der Waals surface area contributed by atoms with E-state index in [0.29, 0.717) is 11.8 Å². The largest absolute Gasteiger partial charge is 0.497 e. The third kappa shape index (κ3) is 4.54. The number of methoxy groups -OCH3 is 1. The molecule has 1 unspecified atom stereocenters. The van der Waals surface area contributed by atoms with Gasteiger partial charge in [-0.2, -0.15) is 0 Å². The van der Waals surface area contributed by atoms with Gasteiger partial charge < -0.3 is 10.1 Å². The van der Waals surface area contributed by atoms with Crippen molar-refractivity contribution in [2.24, 2.45) is 5.92 Å². The molecule has 0 saturated heterocycles. The lowest BCUT2D eigenvalue weighted by Crippen LogP contribution is -2.21. The summed E-state index contributed by atoms with van der Waals surface area (Å²) >= 11 is 5.72. The highest BCUT2D eigenvalue weighted by Crippen LogP contribution is 2.12. The van der Waals surface area contributed by atoms with E-state index in [0.717, 1.165) is 18.8 Å². The molecular weight excluding hydrogens is 210 g/mol. The Morgan fingerprint density at radius 2 is 2.27 bits per heavy atom. The second-order valence-electron chi connectivity index (χ2n) is 3.74. The fraction of sp³-hybridized carbons (Fsp3) is 0.500. The first-order valence-corrected chi connectivity index (χ1v) is 5.69. The van der Waals surface area contributed by atoms with Gasteiger partial charge >= 0.3 is 0 Å². The number of halogens is 1. The molecule has 2 nitrogen and oxygen atoms in total. The van der Waals surface area contributed by atoms with E-state index < -0.39 is 0 Å². The highest BCUT2D eigenvalue weighted by molar-refractivity contribution is 6.18. The second-order valence-corrected chi connectivity index (χ2v) is 4.05. The van der Waals surface area contributed by atoms with Crippen molar-refractivity contribution in [3.8, 4) is 5.75 Å². The molecule has 0 fully saturated rings. The Kier molecular flexibility index (Phi) is 5.51. The predicted octanol–water partition coefficient (Wildman–Crippen LogP) is 2.66. The first-order valence-electron chi connectivity index (χ1n) is 5.16. The van der Waals surface area contributed by atoms with E-state index in [1.54, 1.807) is 7.11 Å². The fourth-order valence-electron chi connectivity index (χ4n) is 1.30. The van der Waals surface area contributed by atoms with Gasteiger partial charge in [-0.15, -0.1) is 11.6 Å². The quantitative estimate of drug-likeness (QED) is 0.755. The Morgan fingerprint density at radius 3 is 2.93 bits per heavy atom. The molecule has 15 heavy (non-hydrogen) atoms. The fourth-order valence-corrected chi connectivity index (χ4v) is 1.41. The molecule has 1 aromatic rings. The third-order valence-electron chi connectivity index (χ3n) is 2.22. The van der Waals surface area contributed by atoms with Crippen LogP contribution in [-0.2, 0) is 6.54 Å². The van der Waals surface area contributed by atoms with E-state index in [1.807, 2.05) is 18.2 Å². The summed E-state index contributed by atoms with van der Waals surface area (Å²) in [6.07, 6.45) is 0. The van der Waals surface area contributed by atoms with Crippen LogP contribution in [0.15, 0.2) is 24.3 Å². The molecule has 0 heterocycles. The van der Waals surface area contributed by atoms with Gasteiger partial charge in [0.05, 0.1) is 7.11 Å². The van der Waals surface area contributed by atoms with E-state index >= 15 is 0 Å². The molecule has 1 atom stereocenters. The molecule has 0 aromatic heterocycles. The van der Waals surface area contributed by atoms with Gasteiger partial charge in [0, 0.05) is 12.4 Å². The topological polar surface area (TPSA) is 21.3 Å². The summed E-state index contributed by atoms with van der Waals surface area (Å²) in [4.78, 5) is 0. The number of alkyl halides is 1. The first-order chi connectivity index (χ1) is 7.26. The van der Waals surface area contributed by atoms with Crippen molar-refractivity contribution in [2.75, 3.05) is 19.5 Å². The first kappa shape index (κ1) is 12.3. The minimum absolute atomic E-state index is 0.511. The van der Waals surface area contributed by atoms with Crippen LogP contribution >= 0.6 is 11.6 Å². The lowest BCUT2D eigenvalue weighted by molar-refractivity contribution is 0.414. The summed E-state index contributed by atoms with van der Waals surface area (Å²) in [5.41, 5.74) is 1.23. The van der Waals surface area contributed by atoms with Crippen LogP contribution in [-0.4, -0.2) is 19.5 Å². The number of rotatable bonds is 6. The SMILES string of the molecule is COc1cccc(CNCC(C)CCl)c1. The van der Waals surface area contributed by atoms with Crippen molar-refractivity contribution in [1.82, 2.24) is 5.32 Å². The van der Waals surface area contributed by atoms with Gasteiger partial charge in [-0.25, -0.2) is 0 Å². The summed E-state index contributed by atoms with van der Waals surface area (Å²) in [6.45, 7) is 3.94. The van der Waals surface area contributed by atoms with Crippen LogP contribution in [0.1, 0.15) is 12.5 Å². The maximum Gasteiger partial charge on any atom is 0.119 e. The number of hydrogen-bond donors (Lipinski definition) is 1. The van der Waals surface area contributed by atoms with Gasteiger partial charge in [0.2, 0.25) is 0 Å². The number of ether oxygens (including phenoxy) is 1. The summed E-state index contributed by atoms with van der Waals surface area (Å²) < 4.78 is 5.15. The maximum absolute atomic E-state index is 5.72. The molecule has 0 aliphatic rings. The Hall–Kier alpha value is -0.730. The van der Waals surface area contributed by atoms with E-state index in [2.05, 4.69) is 18.3 Å². The van der Waals surface area contributed by atoms with Crippen LogP contribution in [0.3, 0.4) is 0 Å². The lowest BCUT2D eigenvalue weighted by atomic mass is 10.2. The lowest BCUT2D eigenvalue weighted by Gasteiger charge is -2.09. The summed E-state index contributed by atoms with van der Waals surface area (Å²) in [5, 5.41) is 3.36. The Morgan fingerprint density at radius 1 is 1.47 bits per heavy atom. The van der Waals surface area contributed by atoms with Crippen LogP contribution < -0.4 is 10.1 Å². The van der Waals surface area contributed by atoms with Gasteiger partial charge in [-0.1, -0.05) is 19.1 Å². The molecule has 1 aromatic carbocycles. The number of benzene rings is 1. The van der Waals surface area contributed by atoms with Gasteiger partial charge in [-0.05, 0) is 30.2 Å². The molecule has 1 N–H and O–H groups in total. The van der Waals surface area contributed by atoms with E-state index in [4.69, 9.17) is 16.3 Å². The average molecular weight is 228 g/mol. The van der Waals surface area contributed by atoms with Crippen molar-refractivity contribution >= 4 is 11.6 Å². The van der Waals surface area contributed by atoms with E-state index in [-0.39, 0.29) is 0 Å². The van der Waals surface area contributed by atoms with Crippen LogP contribution in [0, 0.1) is 5.92 Å². The standard InChI is InChI=1S/C12H18ClNO/c1-10(7-13)8-14-9-11-4-3-5-12(6-11)15-2/h3-6,10,14H,7-9H2,1-2H3. The molecule has 84 valence electrons. The molecule has 0 amide bonds. The van der Waals surface area contributed by atoms with Gasteiger partial charge in [0.15, 0.2) is 0 Å². The maximum atomic E-state index is 5.72. The minimum Gasteiger partial charge on any atom is -0.497 e. The molecule has 0 saturated carbocycles. The monoisotopic (exact) mass is 227 g/mol. The van der Waals surface area contributed by atoms with Gasteiger partial charge in [-0.3, -0.25) is 0 Å². The third-order valence-corrected chi connectivity index (χ3v) is 2.75. The van der Waals surface area contributed by atoms with E-state index in [1.165, 1.54) is 5.56 Å². The minimum atomic E-state index is 0.511. The molecule has 0 radical (unpaired) electrons. The normalized spacial score (nSPS) is 12.5. The Balaban J connectivity index is 2.37. The summed E-state index contributed by atoms with van der Waals surface area (Å²) in [5.74, 6) is 2.11. The zero-order chi connectivity index (χ0) is 11.1. The highest BCUT2D eigenvalue weighted by Gasteiger charge is 1.99. The molecule has 0 bridgehead atoms. The average Bonchev–Trinajstić information content (AvgIpc) is 2.29. The Bertz CT molecular complexity index is 291. The van der Waals surface area contributed by atoms with Crippen molar-refractivity contribution in [3.63, 3.8) is 0 Å². The number of nitrogens with one attached hydrogen (secondary N) is 1.